The van der Waals surface area contributed by atoms with E-state index in [0.29, 0.717) is 23.3 Å². The molecule has 0 aliphatic rings. The summed E-state index contributed by atoms with van der Waals surface area (Å²) in [4.78, 5) is 12.3. The van der Waals surface area contributed by atoms with E-state index in [1.807, 2.05) is 6.07 Å². The quantitative estimate of drug-likeness (QED) is 0.574. The maximum atomic E-state index is 13.7. The Morgan fingerprint density at radius 1 is 1.00 bits per heavy atom. The fraction of sp³-hybridized carbons (Fsp3) is 0.350. The summed E-state index contributed by atoms with van der Waals surface area (Å²) in [6, 6.07) is 10.9. The maximum Gasteiger partial charge on any atom is 0.323 e. The first-order chi connectivity index (χ1) is 12.3. The van der Waals surface area contributed by atoms with Gasteiger partial charge in [0.1, 0.15) is 17.7 Å². The summed E-state index contributed by atoms with van der Waals surface area (Å²) < 4.78 is 20.7. The van der Waals surface area contributed by atoms with Gasteiger partial charge in [0.15, 0.2) is 0 Å². The van der Waals surface area contributed by atoms with E-state index in [1.54, 1.807) is 24.3 Å². The molecule has 0 aromatic heterocycles. The van der Waals surface area contributed by atoms with Crippen LogP contribution in [-0.4, -0.2) is 12.1 Å². The second kappa shape index (κ2) is 9.03. The predicted molar refractivity (Wildman–Crippen MR) is 107 cm³/mol. The topological polar surface area (TPSA) is 50.4 Å². The summed E-state index contributed by atoms with van der Waals surface area (Å²) in [5.41, 5.74) is 0.629. The Bertz CT molecular complexity index is 757. The summed E-state index contributed by atoms with van der Waals surface area (Å²) in [6.07, 6.45) is 0.00588. The van der Waals surface area contributed by atoms with E-state index in [-0.39, 0.29) is 11.8 Å². The van der Waals surface area contributed by atoms with Crippen LogP contribution >= 0.6 is 15.9 Å². The lowest BCUT2D eigenvalue weighted by Gasteiger charge is -2.27. The van der Waals surface area contributed by atoms with E-state index < -0.39 is 11.8 Å². The van der Waals surface area contributed by atoms with Crippen LogP contribution in [0.25, 0.3) is 0 Å². The zero-order valence-electron chi connectivity index (χ0n) is 15.3. The summed E-state index contributed by atoms with van der Waals surface area (Å²) in [5.74, 6) is 0.717. The number of nitrogens with one attached hydrogen (secondary N) is 2. The number of rotatable bonds is 6. The summed E-state index contributed by atoms with van der Waals surface area (Å²) in [5, 5.41) is 5.25. The lowest BCUT2D eigenvalue weighted by atomic mass is 9.96. The molecule has 0 radical (unpaired) electrons. The van der Waals surface area contributed by atoms with Crippen LogP contribution < -0.4 is 15.4 Å². The Balaban J connectivity index is 2.19. The molecule has 0 heterocycles. The fourth-order valence-corrected chi connectivity index (χ4v) is 3.09. The van der Waals surface area contributed by atoms with Gasteiger partial charge in [-0.25, -0.2) is 9.18 Å². The van der Waals surface area contributed by atoms with Crippen molar-refractivity contribution in [3.63, 3.8) is 0 Å². The lowest BCUT2D eigenvalue weighted by Crippen LogP contribution is -2.29. The number of halogens is 2. The highest BCUT2D eigenvalue weighted by Gasteiger charge is 2.21. The summed E-state index contributed by atoms with van der Waals surface area (Å²) in [6.45, 7) is 8.39. The molecule has 140 valence electrons. The first kappa shape index (κ1) is 20.2. The second-order valence-electron chi connectivity index (χ2n) is 6.77. The average Bonchev–Trinajstić information content (AvgIpc) is 2.55. The van der Waals surface area contributed by atoms with E-state index in [9.17, 15) is 9.18 Å². The highest BCUT2D eigenvalue weighted by molar-refractivity contribution is 9.10. The number of amides is 2. The van der Waals surface area contributed by atoms with Crippen LogP contribution in [0.5, 0.6) is 5.75 Å². The first-order valence-electron chi connectivity index (χ1n) is 8.56. The molecule has 6 heteroatoms. The van der Waals surface area contributed by atoms with Crippen molar-refractivity contribution in [2.45, 2.75) is 33.8 Å². The van der Waals surface area contributed by atoms with Gasteiger partial charge in [-0.3, -0.25) is 0 Å². The number of hydrogen-bond donors (Lipinski definition) is 2. The molecular weight excluding hydrogens is 399 g/mol. The van der Waals surface area contributed by atoms with Gasteiger partial charge in [0.2, 0.25) is 0 Å². The van der Waals surface area contributed by atoms with Gasteiger partial charge in [-0.1, -0.05) is 55.8 Å². The van der Waals surface area contributed by atoms with Gasteiger partial charge in [-0.05, 0) is 42.2 Å². The van der Waals surface area contributed by atoms with Gasteiger partial charge in [0.25, 0.3) is 0 Å². The molecule has 4 nitrogen and oxygen atoms in total. The van der Waals surface area contributed by atoms with Gasteiger partial charge in [0.05, 0.1) is 11.4 Å². The van der Waals surface area contributed by atoms with Crippen LogP contribution in [0, 0.1) is 17.7 Å². The highest BCUT2D eigenvalue weighted by Crippen LogP contribution is 2.31. The molecule has 0 atom stereocenters. The molecule has 0 aliphatic heterocycles. The minimum atomic E-state index is -0.538. The molecule has 2 amide bonds. The van der Waals surface area contributed by atoms with E-state index in [2.05, 4.69) is 54.3 Å². The molecule has 2 aromatic rings. The number of carbonyl (C=O) groups excluding carboxylic acids is 1. The largest absolute Gasteiger partial charge is 0.488 e. The predicted octanol–water partition coefficient (Wildman–Crippen LogP) is 6.29. The van der Waals surface area contributed by atoms with Crippen molar-refractivity contribution < 1.29 is 13.9 Å². The molecule has 2 aromatic carbocycles. The zero-order valence-corrected chi connectivity index (χ0v) is 16.9. The smallest absolute Gasteiger partial charge is 0.323 e. The molecule has 2 N–H and O–H groups in total. The van der Waals surface area contributed by atoms with Crippen molar-refractivity contribution in [3.8, 4) is 5.75 Å². The maximum absolute atomic E-state index is 13.7. The lowest BCUT2D eigenvalue weighted by molar-refractivity contribution is 0.106. The Morgan fingerprint density at radius 2 is 1.62 bits per heavy atom. The van der Waals surface area contributed by atoms with Crippen LogP contribution in [0.4, 0.5) is 20.6 Å². The third kappa shape index (κ3) is 5.46. The van der Waals surface area contributed by atoms with Gasteiger partial charge in [-0.2, -0.15) is 0 Å². The number of benzene rings is 2. The van der Waals surface area contributed by atoms with Gasteiger partial charge >= 0.3 is 6.03 Å². The summed E-state index contributed by atoms with van der Waals surface area (Å²) in [7, 11) is 0. The molecule has 2 rings (SSSR count). The Hall–Kier alpha value is -2.08. The monoisotopic (exact) mass is 422 g/mol. The van der Waals surface area contributed by atoms with Gasteiger partial charge in [0, 0.05) is 4.47 Å². The minimum absolute atomic E-state index is 0.00588. The van der Waals surface area contributed by atoms with Crippen molar-refractivity contribution in [3.05, 3.63) is 52.8 Å². The third-order valence-corrected chi connectivity index (χ3v) is 4.38. The van der Waals surface area contributed by atoms with E-state index in [0.717, 1.165) is 4.47 Å². The van der Waals surface area contributed by atoms with Crippen LogP contribution in [-0.2, 0) is 0 Å². The molecule has 0 aliphatic carbocycles. The van der Waals surface area contributed by atoms with Gasteiger partial charge in [-0.15, -0.1) is 0 Å². The van der Waals surface area contributed by atoms with E-state index in [1.165, 1.54) is 12.1 Å². The van der Waals surface area contributed by atoms with E-state index in [4.69, 9.17) is 4.74 Å². The molecular formula is C20H24BrFN2O2. The molecule has 26 heavy (non-hydrogen) atoms. The van der Waals surface area contributed by atoms with Crippen molar-refractivity contribution >= 4 is 33.3 Å². The van der Waals surface area contributed by atoms with Crippen molar-refractivity contribution in [1.82, 2.24) is 0 Å². The Kier molecular flexibility index (Phi) is 7.03. The van der Waals surface area contributed by atoms with Gasteiger partial charge < -0.3 is 15.4 Å². The minimum Gasteiger partial charge on any atom is -0.488 e. The van der Waals surface area contributed by atoms with Crippen molar-refractivity contribution in [2.75, 3.05) is 10.6 Å². The van der Waals surface area contributed by atoms with Crippen molar-refractivity contribution in [2.24, 2.45) is 11.8 Å². The van der Waals surface area contributed by atoms with Crippen LogP contribution in [0.1, 0.15) is 27.7 Å². The Labute approximate surface area is 162 Å². The molecule has 0 unspecified atom stereocenters. The number of ether oxygens (including phenoxy) is 1. The zero-order chi connectivity index (χ0) is 19.3. The SMILES string of the molecule is CC(C)C(Oc1ccc(Br)cc1NC(=O)Nc1ccccc1F)C(C)C. The number of anilines is 2. The first-order valence-corrected chi connectivity index (χ1v) is 9.36. The normalized spacial score (nSPS) is 11.1. The third-order valence-electron chi connectivity index (χ3n) is 3.89. The molecule has 0 saturated carbocycles. The number of para-hydroxylation sites is 1. The highest BCUT2D eigenvalue weighted by atomic mass is 79.9. The van der Waals surface area contributed by atoms with Crippen LogP contribution in [0.3, 0.4) is 0 Å². The molecule has 0 saturated heterocycles. The number of carbonyl (C=O) groups is 1. The second-order valence-corrected chi connectivity index (χ2v) is 7.69. The average molecular weight is 423 g/mol. The van der Waals surface area contributed by atoms with Crippen LogP contribution in [0.15, 0.2) is 46.9 Å². The fourth-order valence-electron chi connectivity index (χ4n) is 2.73. The number of urea groups is 1. The molecule has 0 spiro atoms. The van der Waals surface area contributed by atoms with E-state index >= 15 is 0 Å². The summed E-state index contributed by atoms with van der Waals surface area (Å²) >= 11 is 3.40. The standard InChI is InChI=1S/C20H24BrFN2O2/c1-12(2)19(13(3)4)26-18-10-9-14(21)11-17(18)24-20(25)23-16-8-6-5-7-15(16)22/h5-13,19H,1-4H3,(H2,23,24,25). The Morgan fingerprint density at radius 3 is 2.23 bits per heavy atom. The van der Waals surface area contributed by atoms with Crippen molar-refractivity contribution in [1.29, 1.82) is 0 Å². The van der Waals surface area contributed by atoms with Crippen LogP contribution in [0.2, 0.25) is 0 Å². The number of hydrogen-bond acceptors (Lipinski definition) is 2. The molecule has 0 fully saturated rings. The molecule has 0 bridgehead atoms.